The van der Waals surface area contributed by atoms with E-state index in [1.807, 2.05) is 25.1 Å². The van der Waals surface area contributed by atoms with Gasteiger partial charge in [-0.15, -0.1) is 0 Å². The molecule has 0 saturated carbocycles. The summed E-state index contributed by atoms with van der Waals surface area (Å²) in [6.45, 7) is 2.22. The van der Waals surface area contributed by atoms with E-state index in [0.29, 0.717) is 12.2 Å². The second-order valence-electron chi connectivity index (χ2n) is 6.41. The van der Waals surface area contributed by atoms with Gasteiger partial charge in [0, 0.05) is 6.54 Å². The third-order valence-corrected chi connectivity index (χ3v) is 4.30. The lowest BCUT2D eigenvalue weighted by Crippen LogP contribution is -2.40. The van der Waals surface area contributed by atoms with Crippen molar-refractivity contribution >= 4 is 5.91 Å². The van der Waals surface area contributed by atoms with E-state index < -0.39 is 23.1 Å². The number of nitrogens with zero attached hydrogens (tertiary/aromatic N) is 1. The lowest BCUT2D eigenvalue weighted by Gasteiger charge is -2.24. The maximum atomic E-state index is 13.8. The Morgan fingerprint density at radius 2 is 2.04 bits per heavy atom. The van der Waals surface area contributed by atoms with Crippen LogP contribution in [0.1, 0.15) is 22.3 Å². The molecule has 3 rings (SSSR count). The smallest absolute Gasteiger partial charge is 0.257 e. The Labute approximate surface area is 144 Å². The maximum absolute atomic E-state index is 13.8. The van der Waals surface area contributed by atoms with Crippen LogP contribution in [0, 0.1) is 18.6 Å². The fraction of sp³-hybridized carbons (Fsp3) is 0.316. The lowest BCUT2D eigenvalue weighted by molar-refractivity contribution is 0.00424. The first-order chi connectivity index (χ1) is 11.9. The monoisotopic (exact) mass is 347 g/mol. The Morgan fingerprint density at radius 3 is 2.80 bits per heavy atom. The number of carbonyl (C=O) groups is 1. The molecule has 1 aliphatic rings. The fourth-order valence-electron chi connectivity index (χ4n) is 2.91. The van der Waals surface area contributed by atoms with Crippen molar-refractivity contribution in [1.82, 2.24) is 4.90 Å². The summed E-state index contributed by atoms with van der Waals surface area (Å²) in [5.41, 5.74) is -0.512. The van der Waals surface area contributed by atoms with Gasteiger partial charge in [-0.3, -0.25) is 4.79 Å². The van der Waals surface area contributed by atoms with Gasteiger partial charge in [0.15, 0.2) is 11.6 Å². The summed E-state index contributed by atoms with van der Waals surface area (Å²) in [7, 11) is 0. The van der Waals surface area contributed by atoms with E-state index in [-0.39, 0.29) is 25.3 Å². The van der Waals surface area contributed by atoms with E-state index in [0.717, 1.165) is 11.6 Å². The van der Waals surface area contributed by atoms with E-state index in [9.17, 15) is 18.7 Å². The first-order valence-electron chi connectivity index (χ1n) is 8.03. The number of benzene rings is 2. The highest BCUT2D eigenvalue weighted by atomic mass is 19.2. The van der Waals surface area contributed by atoms with Crippen LogP contribution in [0.3, 0.4) is 0 Å². The van der Waals surface area contributed by atoms with E-state index in [4.69, 9.17) is 4.74 Å². The Morgan fingerprint density at radius 1 is 1.28 bits per heavy atom. The third-order valence-electron chi connectivity index (χ3n) is 4.30. The summed E-state index contributed by atoms with van der Waals surface area (Å²) in [6, 6.07) is 10.9. The van der Waals surface area contributed by atoms with Crippen LogP contribution in [0.4, 0.5) is 8.78 Å². The number of halogens is 2. The summed E-state index contributed by atoms with van der Waals surface area (Å²) in [4.78, 5) is 13.7. The number of hydrogen-bond acceptors (Lipinski definition) is 3. The van der Waals surface area contributed by atoms with Gasteiger partial charge in [-0.25, -0.2) is 8.78 Å². The van der Waals surface area contributed by atoms with Gasteiger partial charge >= 0.3 is 0 Å². The van der Waals surface area contributed by atoms with Crippen molar-refractivity contribution in [2.24, 2.45) is 0 Å². The molecule has 132 valence electrons. The first kappa shape index (κ1) is 17.4. The molecule has 25 heavy (non-hydrogen) atoms. The van der Waals surface area contributed by atoms with Crippen molar-refractivity contribution in [3.63, 3.8) is 0 Å². The Balaban J connectivity index is 1.65. The molecular weight excluding hydrogens is 328 g/mol. The topological polar surface area (TPSA) is 49.8 Å². The molecule has 4 nitrogen and oxygen atoms in total. The minimum Gasteiger partial charge on any atom is -0.491 e. The summed E-state index contributed by atoms with van der Waals surface area (Å²) < 4.78 is 32.7. The second-order valence-corrected chi connectivity index (χ2v) is 6.41. The van der Waals surface area contributed by atoms with E-state index in [2.05, 4.69) is 0 Å². The molecule has 2 aromatic rings. The SMILES string of the molecule is Cc1cccc(OC[C@@]2(O)CCN(C(=O)c3cccc(F)c3F)C2)c1. The molecular formula is C19H19F2NO3. The lowest BCUT2D eigenvalue weighted by atomic mass is 10.1. The molecule has 0 aliphatic carbocycles. The molecule has 1 amide bonds. The molecule has 0 unspecified atom stereocenters. The number of aliphatic hydroxyl groups is 1. The maximum Gasteiger partial charge on any atom is 0.257 e. The van der Waals surface area contributed by atoms with Crippen molar-refractivity contribution in [3.8, 4) is 5.75 Å². The fourth-order valence-corrected chi connectivity index (χ4v) is 2.91. The standard InChI is InChI=1S/C19H19F2NO3/c1-13-4-2-5-14(10-13)25-12-19(24)8-9-22(11-19)18(23)15-6-3-7-16(20)17(15)21/h2-7,10,24H,8-9,11-12H2,1H3/t19-/m1/s1. The van der Waals surface area contributed by atoms with E-state index >= 15 is 0 Å². The average Bonchev–Trinajstić information content (AvgIpc) is 2.98. The van der Waals surface area contributed by atoms with Crippen LogP contribution in [0.2, 0.25) is 0 Å². The third kappa shape index (κ3) is 3.79. The molecule has 1 heterocycles. The van der Waals surface area contributed by atoms with E-state index in [1.165, 1.54) is 17.0 Å². The van der Waals surface area contributed by atoms with Gasteiger partial charge in [-0.1, -0.05) is 18.2 Å². The van der Waals surface area contributed by atoms with Crippen LogP contribution in [0.5, 0.6) is 5.75 Å². The summed E-state index contributed by atoms with van der Waals surface area (Å²) in [5, 5.41) is 10.6. The van der Waals surface area contributed by atoms with Gasteiger partial charge in [-0.2, -0.15) is 0 Å². The molecule has 0 spiro atoms. The predicted octanol–water partition coefficient (Wildman–Crippen LogP) is 2.93. The quantitative estimate of drug-likeness (QED) is 0.925. The predicted molar refractivity (Wildman–Crippen MR) is 88.5 cm³/mol. The number of rotatable bonds is 4. The number of β-amino-alcohol motifs (C(OH)–C–C–N with tert-alkyl or cyclic N) is 1. The van der Waals surface area contributed by atoms with Gasteiger partial charge in [0.1, 0.15) is 18.0 Å². The molecule has 2 aromatic carbocycles. The molecule has 1 fully saturated rings. The zero-order valence-electron chi connectivity index (χ0n) is 13.8. The average molecular weight is 347 g/mol. The number of ether oxygens (including phenoxy) is 1. The minimum absolute atomic E-state index is 0.00754. The minimum atomic E-state index is -1.22. The van der Waals surface area contributed by atoms with Gasteiger partial charge < -0.3 is 14.7 Å². The van der Waals surface area contributed by atoms with Crippen LogP contribution < -0.4 is 4.74 Å². The summed E-state index contributed by atoms with van der Waals surface area (Å²) >= 11 is 0. The van der Waals surface area contributed by atoms with Gasteiger partial charge in [-0.05, 0) is 43.2 Å². The highest BCUT2D eigenvalue weighted by Crippen LogP contribution is 2.25. The molecule has 1 aliphatic heterocycles. The van der Waals surface area contributed by atoms with Gasteiger partial charge in [0.05, 0.1) is 12.1 Å². The normalized spacial score (nSPS) is 19.9. The molecule has 0 aromatic heterocycles. The first-order valence-corrected chi connectivity index (χ1v) is 8.03. The molecule has 0 radical (unpaired) electrons. The largest absolute Gasteiger partial charge is 0.491 e. The second kappa shape index (κ2) is 6.80. The van der Waals surface area contributed by atoms with Gasteiger partial charge in [0.25, 0.3) is 5.91 Å². The van der Waals surface area contributed by atoms with Crippen LogP contribution in [-0.2, 0) is 0 Å². The Hall–Kier alpha value is -2.47. The molecule has 1 saturated heterocycles. The summed E-state index contributed by atoms with van der Waals surface area (Å²) in [6.07, 6.45) is 0.307. The number of likely N-dealkylation sites (tertiary alicyclic amines) is 1. The van der Waals surface area contributed by atoms with Crippen molar-refractivity contribution in [2.75, 3.05) is 19.7 Å². The number of carbonyl (C=O) groups excluding carboxylic acids is 1. The van der Waals surface area contributed by atoms with Crippen LogP contribution >= 0.6 is 0 Å². The van der Waals surface area contributed by atoms with E-state index in [1.54, 1.807) is 6.07 Å². The van der Waals surface area contributed by atoms with Crippen LogP contribution in [0.15, 0.2) is 42.5 Å². The van der Waals surface area contributed by atoms with Crippen LogP contribution in [0.25, 0.3) is 0 Å². The van der Waals surface area contributed by atoms with Crippen molar-refractivity contribution < 1.29 is 23.4 Å². The zero-order valence-corrected chi connectivity index (χ0v) is 13.8. The highest BCUT2D eigenvalue weighted by Gasteiger charge is 2.39. The highest BCUT2D eigenvalue weighted by molar-refractivity contribution is 5.94. The molecule has 1 N–H and O–H groups in total. The molecule has 1 atom stereocenters. The number of aryl methyl sites for hydroxylation is 1. The van der Waals surface area contributed by atoms with Crippen molar-refractivity contribution in [3.05, 3.63) is 65.2 Å². The Bertz CT molecular complexity index is 796. The molecule has 0 bridgehead atoms. The Kier molecular flexibility index (Phi) is 4.72. The summed E-state index contributed by atoms with van der Waals surface area (Å²) in [5.74, 6) is -2.24. The van der Waals surface area contributed by atoms with Gasteiger partial charge in [0.2, 0.25) is 0 Å². The number of hydrogen-bond donors (Lipinski definition) is 1. The number of amides is 1. The van der Waals surface area contributed by atoms with Crippen molar-refractivity contribution in [2.45, 2.75) is 18.9 Å². The zero-order chi connectivity index (χ0) is 18.0. The molecule has 6 heteroatoms. The van der Waals surface area contributed by atoms with Crippen molar-refractivity contribution in [1.29, 1.82) is 0 Å². The van der Waals surface area contributed by atoms with Crippen LogP contribution in [-0.4, -0.2) is 41.2 Å².